The fraction of sp³-hybridized carbons (Fsp3) is 0.562. The maximum atomic E-state index is 12.6. The molecule has 5 heteroatoms. The van der Waals surface area contributed by atoms with Crippen LogP contribution in [-0.4, -0.2) is 43.1 Å². The first-order valence-corrected chi connectivity index (χ1v) is 7.47. The molecule has 21 heavy (non-hydrogen) atoms. The minimum Gasteiger partial charge on any atom is -0.480 e. The molecule has 1 saturated heterocycles. The number of carbonyl (C=O) groups excluding carboxylic acids is 1. The van der Waals surface area contributed by atoms with Crippen LogP contribution >= 0.6 is 12.4 Å². The molecule has 1 N–H and O–H groups in total. The van der Waals surface area contributed by atoms with Crippen molar-refractivity contribution in [2.75, 3.05) is 20.1 Å². The standard InChI is InChI=1S/C16H22N2O2.ClH/c1-18(13-6-4-9-17-10-8-13)16(19)15-11-12-5-2-3-7-14(12)20-15;/h2-3,5,7,13,15,17H,4,6,8-11H2,1H3;1H. The van der Waals surface area contributed by atoms with Gasteiger partial charge in [0.1, 0.15) is 5.75 Å². The maximum Gasteiger partial charge on any atom is 0.263 e. The fourth-order valence-corrected chi connectivity index (χ4v) is 3.11. The first-order chi connectivity index (χ1) is 9.75. The Bertz CT molecular complexity index is 462. The van der Waals surface area contributed by atoms with Crippen molar-refractivity contribution in [3.8, 4) is 5.75 Å². The van der Waals surface area contributed by atoms with Gasteiger partial charge in [-0.2, -0.15) is 0 Å². The third kappa shape index (κ3) is 3.50. The minimum absolute atomic E-state index is 0. The van der Waals surface area contributed by atoms with E-state index in [1.165, 1.54) is 0 Å². The van der Waals surface area contributed by atoms with E-state index >= 15 is 0 Å². The molecule has 0 radical (unpaired) electrons. The molecule has 0 bridgehead atoms. The summed E-state index contributed by atoms with van der Waals surface area (Å²) in [5.74, 6) is 0.981. The Morgan fingerprint density at radius 2 is 2.10 bits per heavy atom. The number of halogens is 1. The molecule has 0 aromatic heterocycles. The van der Waals surface area contributed by atoms with Gasteiger partial charge in [-0.15, -0.1) is 12.4 Å². The van der Waals surface area contributed by atoms with E-state index in [-0.39, 0.29) is 24.4 Å². The SMILES string of the molecule is CN(C(=O)C1Cc2ccccc2O1)C1CCCNCC1.Cl. The summed E-state index contributed by atoms with van der Waals surface area (Å²) in [4.78, 5) is 14.5. The van der Waals surface area contributed by atoms with Crippen LogP contribution in [0.1, 0.15) is 24.8 Å². The molecule has 3 rings (SSSR count). The Kier molecular flexibility index (Phi) is 5.48. The molecular formula is C16H23ClN2O2. The number of rotatable bonds is 2. The van der Waals surface area contributed by atoms with Gasteiger partial charge in [0.05, 0.1) is 0 Å². The molecule has 1 aromatic carbocycles. The molecular weight excluding hydrogens is 288 g/mol. The van der Waals surface area contributed by atoms with Crippen molar-refractivity contribution in [1.82, 2.24) is 10.2 Å². The molecule has 0 spiro atoms. The van der Waals surface area contributed by atoms with Crippen molar-refractivity contribution >= 4 is 18.3 Å². The van der Waals surface area contributed by atoms with Gasteiger partial charge in [-0.1, -0.05) is 18.2 Å². The first-order valence-electron chi connectivity index (χ1n) is 7.47. The zero-order chi connectivity index (χ0) is 13.9. The van der Waals surface area contributed by atoms with Gasteiger partial charge < -0.3 is 15.0 Å². The molecule has 1 fully saturated rings. The van der Waals surface area contributed by atoms with Crippen molar-refractivity contribution in [2.45, 2.75) is 37.8 Å². The lowest BCUT2D eigenvalue weighted by Crippen LogP contribution is -2.45. The first kappa shape index (κ1) is 16.1. The van der Waals surface area contributed by atoms with Crippen LogP contribution in [0.4, 0.5) is 0 Å². The summed E-state index contributed by atoms with van der Waals surface area (Å²) in [7, 11) is 1.92. The molecule has 2 unspecified atom stereocenters. The van der Waals surface area contributed by atoms with Gasteiger partial charge in [-0.05, 0) is 44.0 Å². The second kappa shape index (κ2) is 7.14. The van der Waals surface area contributed by atoms with Gasteiger partial charge in [0.15, 0.2) is 6.10 Å². The zero-order valence-electron chi connectivity index (χ0n) is 12.4. The third-order valence-electron chi connectivity index (χ3n) is 4.36. The summed E-state index contributed by atoms with van der Waals surface area (Å²) >= 11 is 0. The summed E-state index contributed by atoms with van der Waals surface area (Å²) in [6.45, 7) is 2.05. The molecule has 116 valence electrons. The molecule has 2 heterocycles. The van der Waals surface area contributed by atoms with Gasteiger partial charge in [-0.25, -0.2) is 0 Å². The highest BCUT2D eigenvalue weighted by Gasteiger charge is 2.33. The van der Waals surface area contributed by atoms with Gasteiger partial charge >= 0.3 is 0 Å². The van der Waals surface area contributed by atoms with Crippen LogP contribution in [-0.2, 0) is 11.2 Å². The summed E-state index contributed by atoms with van der Waals surface area (Å²) in [5, 5.41) is 3.39. The van der Waals surface area contributed by atoms with E-state index in [0.29, 0.717) is 12.5 Å². The van der Waals surface area contributed by atoms with E-state index in [0.717, 1.165) is 43.7 Å². The number of benzene rings is 1. The smallest absolute Gasteiger partial charge is 0.263 e. The minimum atomic E-state index is -0.339. The summed E-state index contributed by atoms with van der Waals surface area (Å²) in [5.41, 5.74) is 1.14. The highest BCUT2D eigenvalue weighted by Crippen LogP contribution is 2.29. The second-order valence-corrected chi connectivity index (χ2v) is 5.70. The lowest BCUT2D eigenvalue weighted by Gasteiger charge is -2.29. The molecule has 1 aromatic rings. The predicted molar refractivity (Wildman–Crippen MR) is 85.1 cm³/mol. The van der Waals surface area contributed by atoms with E-state index in [2.05, 4.69) is 5.32 Å². The van der Waals surface area contributed by atoms with Crippen molar-refractivity contribution in [3.63, 3.8) is 0 Å². The lowest BCUT2D eigenvalue weighted by atomic mass is 10.1. The number of para-hydroxylation sites is 1. The average Bonchev–Trinajstić information content (AvgIpc) is 2.72. The van der Waals surface area contributed by atoms with Crippen LogP contribution in [0, 0.1) is 0 Å². The van der Waals surface area contributed by atoms with Crippen LogP contribution in [0.5, 0.6) is 5.75 Å². The van der Waals surface area contributed by atoms with Crippen LogP contribution in [0.25, 0.3) is 0 Å². The van der Waals surface area contributed by atoms with Crippen molar-refractivity contribution in [3.05, 3.63) is 29.8 Å². The number of carbonyl (C=O) groups is 1. The molecule has 2 aliphatic heterocycles. The summed E-state index contributed by atoms with van der Waals surface area (Å²) < 4.78 is 5.81. The molecule has 2 atom stereocenters. The Balaban J connectivity index is 0.00000161. The van der Waals surface area contributed by atoms with E-state index in [4.69, 9.17) is 4.74 Å². The van der Waals surface area contributed by atoms with Crippen LogP contribution in [0.15, 0.2) is 24.3 Å². The van der Waals surface area contributed by atoms with Crippen molar-refractivity contribution in [2.24, 2.45) is 0 Å². The van der Waals surface area contributed by atoms with E-state index < -0.39 is 0 Å². The largest absolute Gasteiger partial charge is 0.480 e. The Labute approximate surface area is 132 Å². The number of hydrogen-bond acceptors (Lipinski definition) is 3. The van der Waals surface area contributed by atoms with Crippen molar-refractivity contribution < 1.29 is 9.53 Å². The molecule has 1 amide bonds. The predicted octanol–water partition coefficient (Wildman–Crippen LogP) is 2.01. The molecule has 4 nitrogen and oxygen atoms in total. The van der Waals surface area contributed by atoms with Crippen LogP contribution < -0.4 is 10.1 Å². The van der Waals surface area contributed by atoms with Gasteiger partial charge in [0.25, 0.3) is 5.91 Å². The number of amides is 1. The number of nitrogens with zero attached hydrogens (tertiary/aromatic N) is 1. The maximum absolute atomic E-state index is 12.6. The lowest BCUT2D eigenvalue weighted by molar-refractivity contribution is -0.138. The quantitative estimate of drug-likeness (QED) is 0.908. The third-order valence-corrected chi connectivity index (χ3v) is 4.36. The fourth-order valence-electron chi connectivity index (χ4n) is 3.11. The Hall–Kier alpha value is -1.26. The topological polar surface area (TPSA) is 41.6 Å². The highest BCUT2D eigenvalue weighted by atomic mass is 35.5. The number of nitrogens with one attached hydrogen (secondary N) is 1. The average molecular weight is 311 g/mol. The van der Waals surface area contributed by atoms with Gasteiger partial charge in [0, 0.05) is 19.5 Å². The molecule has 0 aliphatic carbocycles. The van der Waals surface area contributed by atoms with Gasteiger partial charge in [-0.3, -0.25) is 4.79 Å². The van der Waals surface area contributed by atoms with Gasteiger partial charge in [0.2, 0.25) is 0 Å². The highest BCUT2D eigenvalue weighted by molar-refractivity contribution is 5.85. The number of hydrogen-bond donors (Lipinski definition) is 1. The number of fused-ring (bicyclic) bond motifs is 1. The van der Waals surface area contributed by atoms with Crippen molar-refractivity contribution in [1.29, 1.82) is 0 Å². The zero-order valence-corrected chi connectivity index (χ0v) is 13.2. The molecule has 0 saturated carbocycles. The normalized spacial score (nSPS) is 24.2. The Morgan fingerprint density at radius 3 is 2.90 bits per heavy atom. The molecule has 2 aliphatic rings. The van der Waals surface area contributed by atoms with Crippen LogP contribution in [0.2, 0.25) is 0 Å². The summed E-state index contributed by atoms with van der Waals surface area (Å²) in [6.07, 6.45) is 3.60. The summed E-state index contributed by atoms with van der Waals surface area (Å²) in [6, 6.07) is 8.27. The van der Waals surface area contributed by atoms with Crippen LogP contribution in [0.3, 0.4) is 0 Å². The van der Waals surface area contributed by atoms with E-state index in [9.17, 15) is 4.79 Å². The van der Waals surface area contributed by atoms with E-state index in [1.807, 2.05) is 36.2 Å². The second-order valence-electron chi connectivity index (χ2n) is 5.70. The number of ether oxygens (including phenoxy) is 1. The number of likely N-dealkylation sites (N-methyl/N-ethyl adjacent to an activating group) is 1. The van der Waals surface area contributed by atoms with E-state index in [1.54, 1.807) is 0 Å². The Morgan fingerprint density at radius 1 is 1.29 bits per heavy atom. The monoisotopic (exact) mass is 310 g/mol.